The summed E-state index contributed by atoms with van der Waals surface area (Å²) < 4.78 is 11.2. The molecule has 0 aliphatic carbocycles. The van der Waals surface area contributed by atoms with Gasteiger partial charge in [0.05, 0.1) is 12.7 Å². The van der Waals surface area contributed by atoms with E-state index in [4.69, 9.17) is 14.6 Å². The van der Waals surface area contributed by atoms with Gasteiger partial charge in [0.2, 0.25) is 0 Å². The minimum absolute atomic E-state index is 0.128. The summed E-state index contributed by atoms with van der Waals surface area (Å²) >= 11 is 0. The van der Waals surface area contributed by atoms with E-state index in [1.54, 1.807) is 31.4 Å². The van der Waals surface area contributed by atoms with Crippen LogP contribution in [-0.2, 0) is 11.3 Å². The van der Waals surface area contributed by atoms with Gasteiger partial charge in [0.25, 0.3) is 5.91 Å². The van der Waals surface area contributed by atoms with Crippen LogP contribution in [0.4, 0.5) is 5.69 Å². The summed E-state index contributed by atoms with van der Waals surface area (Å²) in [6, 6.07) is 10.4. The lowest BCUT2D eigenvalue weighted by Gasteiger charge is -2.21. The third-order valence-electron chi connectivity index (χ3n) is 4.09. The zero-order valence-corrected chi connectivity index (χ0v) is 17.5. The third-order valence-corrected chi connectivity index (χ3v) is 4.09. The highest BCUT2D eigenvalue weighted by molar-refractivity contribution is 5.88. The molecule has 0 heterocycles. The van der Waals surface area contributed by atoms with Gasteiger partial charge in [-0.2, -0.15) is 0 Å². The van der Waals surface area contributed by atoms with Crippen molar-refractivity contribution in [3.8, 4) is 11.5 Å². The van der Waals surface area contributed by atoms with Crippen LogP contribution in [-0.4, -0.2) is 36.2 Å². The average molecular weight is 400 g/mol. The predicted octanol–water partition coefficient (Wildman–Crippen LogP) is 3.61. The summed E-state index contributed by atoms with van der Waals surface area (Å²) in [7, 11) is 1.55. The molecule has 0 bridgehead atoms. The van der Waals surface area contributed by atoms with Gasteiger partial charge in [-0.25, -0.2) is 4.79 Å². The number of hydrogen-bond acceptors (Lipinski definition) is 5. The zero-order chi connectivity index (χ0) is 21.6. The molecule has 0 atom stereocenters. The first-order valence-electron chi connectivity index (χ1n) is 9.28. The van der Waals surface area contributed by atoms with Crippen molar-refractivity contribution in [2.24, 2.45) is 0 Å². The van der Waals surface area contributed by atoms with Crippen molar-refractivity contribution in [3.05, 3.63) is 53.1 Å². The van der Waals surface area contributed by atoms with E-state index in [1.807, 2.05) is 39.8 Å². The fraction of sp³-hybridized carbons (Fsp3) is 0.364. The number of nitrogens with one attached hydrogen (secondary N) is 2. The van der Waals surface area contributed by atoms with Crippen LogP contribution in [0.5, 0.6) is 11.5 Å². The molecule has 0 unspecified atom stereocenters. The fourth-order valence-corrected chi connectivity index (χ4v) is 2.80. The molecule has 2 rings (SSSR count). The van der Waals surface area contributed by atoms with Crippen LogP contribution < -0.4 is 20.1 Å². The minimum Gasteiger partial charge on any atom is -0.493 e. The number of carbonyl (C=O) groups is 2. The molecule has 2 aromatic carbocycles. The quantitative estimate of drug-likeness (QED) is 0.626. The van der Waals surface area contributed by atoms with E-state index in [9.17, 15) is 9.59 Å². The molecule has 29 heavy (non-hydrogen) atoms. The van der Waals surface area contributed by atoms with Crippen LogP contribution in [0, 0.1) is 6.92 Å². The number of para-hydroxylation sites is 1. The first-order chi connectivity index (χ1) is 13.6. The summed E-state index contributed by atoms with van der Waals surface area (Å²) in [5, 5.41) is 15.2. The van der Waals surface area contributed by atoms with Gasteiger partial charge >= 0.3 is 5.97 Å². The van der Waals surface area contributed by atoms with Crippen molar-refractivity contribution in [1.82, 2.24) is 5.32 Å². The Morgan fingerprint density at radius 3 is 2.45 bits per heavy atom. The van der Waals surface area contributed by atoms with Gasteiger partial charge in [0.1, 0.15) is 0 Å². The lowest BCUT2D eigenvalue weighted by atomic mass is 10.1. The summed E-state index contributed by atoms with van der Waals surface area (Å²) in [6.07, 6.45) is 0. The Morgan fingerprint density at radius 1 is 1.14 bits per heavy atom. The van der Waals surface area contributed by atoms with E-state index >= 15 is 0 Å². The number of amides is 1. The van der Waals surface area contributed by atoms with Crippen LogP contribution >= 0.6 is 0 Å². The molecule has 7 heteroatoms. The average Bonchev–Trinajstić information content (AvgIpc) is 2.63. The predicted molar refractivity (Wildman–Crippen MR) is 112 cm³/mol. The molecule has 156 valence electrons. The molecule has 7 nitrogen and oxygen atoms in total. The molecule has 0 aliphatic heterocycles. The maximum absolute atomic E-state index is 12.1. The number of anilines is 1. The molecule has 3 N–H and O–H groups in total. The Morgan fingerprint density at radius 2 is 1.86 bits per heavy atom. The second kappa shape index (κ2) is 9.32. The topological polar surface area (TPSA) is 96.9 Å². The van der Waals surface area contributed by atoms with E-state index in [0.29, 0.717) is 18.0 Å². The second-order valence-electron chi connectivity index (χ2n) is 7.72. The van der Waals surface area contributed by atoms with Crippen molar-refractivity contribution >= 4 is 17.6 Å². The van der Waals surface area contributed by atoms with Gasteiger partial charge in [0, 0.05) is 23.3 Å². The lowest BCUT2D eigenvalue weighted by Crippen LogP contribution is -2.43. The van der Waals surface area contributed by atoms with Crippen molar-refractivity contribution < 1.29 is 24.2 Å². The van der Waals surface area contributed by atoms with Crippen LogP contribution in [0.25, 0.3) is 0 Å². The fourth-order valence-electron chi connectivity index (χ4n) is 2.80. The van der Waals surface area contributed by atoms with Crippen molar-refractivity contribution in [3.63, 3.8) is 0 Å². The monoisotopic (exact) mass is 400 g/mol. The number of aryl methyl sites for hydroxylation is 1. The first kappa shape index (κ1) is 22.1. The highest BCUT2D eigenvalue weighted by Gasteiger charge is 2.17. The number of methoxy groups -OCH3 is 1. The molecule has 2 aromatic rings. The number of aromatic carboxylic acids is 1. The van der Waals surface area contributed by atoms with Gasteiger partial charge in [-0.05, 0) is 57.5 Å². The first-order valence-corrected chi connectivity index (χ1v) is 9.28. The Bertz CT molecular complexity index is 887. The molecular weight excluding hydrogens is 372 g/mol. The van der Waals surface area contributed by atoms with Crippen LogP contribution in [0.3, 0.4) is 0 Å². The molecule has 0 radical (unpaired) electrons. The number of carboxylic acid groups (broad SMARTS) is 1. The standard InChI is InChI=1S/C22H28N2O5/c1-14-11-15(21(26)27)9-10-17(14)23-12-16-7-6-8-18(28-5)20(16)29-13-19(25)24-22(2,3)4/h6-11,23H,12-13H2,1-5H3,(H,24,25)(H,26,27). The van der Waals surface area contributed by atoms with Gasteiger partial charge in [-0.1, -0.05) is 12.1 Å². The van der Waals surface area contributed by atoms with E-state index in [2.05, 4.69) is 10.6 Å². The summed E-state index contributed by atoms with van der Waals surface area (Å²) in [6.45, 7) is 7.84. The number of benzene rings is 2. The highest BCUT2D eigenvalue weighted by atomic mass is 16.5. The Kier molecular flexibility index (Phi) is 7.09. The van der Waals surface area contributed by atoms with Gasteiger partial charge in [-0.3, -0.25) is 4.79 Å². The van der Waals surface area contributed by atoms with E-state index in [-0.39, 0.29) is 23.6 Å². The lowest BCUT2D eigenvalue weighted by molar-refractivity contribution is -0.124. The summed E-state index contributed by atoms with van der Waals surface area (Å²) in [5.41, 5.74) is 2.35. The largest absolute Gasteiger partial charge is 0.493 e. The smallest absolute Gasteiger partial charge is 0.335 e. The normalized spacial score (nSPS) is 10.9. The second-order valence-corrected chi connectivity index (χ2v) is 7.72. The Labute approximate surface area is 171 Å². The Hall–Kier alpha value is -3.22. The van der Waals surface area contributed by atoms with Crippen LogP contribution in [0.1, 0.15) is 42.3 Å². The van der Waals surface area contributed by atoms with Crippen LogP contribution in [0.2, 0.25) is 0 Å². The molecular formula is C22H28N2O5. The molecule has 0 saturated carbocycles. The summed E-state index contributed by atoms with van der Waals surface area (Å²) in [5.74, 6) is -0.156. The molecule has 0 saturated heterocycles. The van der Waals surface area contributed by atoms with Gasteiger partial charge < -0.3 is 25.2 Å². The molecule has 0 fully saturated rings. The SMILES string of the molecule is COc1cccc(CNc2ccc(C(=O)O)cc2C)c1OCC(=O)NC(C)(C)C. The maximum Gasteiger partial charge on any atom is 0.335 e. The van der Waals surface area contributed by atoms with Crippen LogP contribution in [0.15, 0.2) is 36.4 Å². The highest BCUT2D eigenvalue weighted by Crippen LogP contribution is 2.32. The Balaban J connectivity index is 2.14. The summed E-state index contributed by atoms with van der Waals surface area (Å²) in [4.78, 5) is 23.2. The third kappa shape index (κ3) is 6.41. The number of carbonyl (C=O) groups excluding carboxylic acids is 1. The molecule has 1 amide bonds. The number of carboxylic acids is 1. The van der Waals surface area contributed by atoms with E-state index in [1.165, 1.54) is 0 Å². The van der Waals surface area contributed by atoms with Crippen molar-refractivity contribution in [1.29, 1.82) is 0 Å². The van der Waals surface area contributed by atoms with Crippen molar-refractivity contribution in [2.45, 2.75) is 39.8 Å². The number of hydrogen-bond donors (Lipinski definition) is 3. The van der Waals surface area contributed by atoms with E-state index in [0.717, 1.165) is 16.8 Å². The van der Waals surface area contributed by atoms with Gasteiger partial charge in [0.15, 0.2) is 18.1 Å². The zero-order valence-electron chi connectivity index (χ0n) is 17.5. The minimum atomic E-state index is -0.961. The molecule has 0 aliphatic rings. The molecule has 0 aromatic heterocycles. The van der Waals surface area contributed by atoms with Crippen molar-refractivity contribution in [2.75, 3.05) is 19.0 Å². The number of rotatable bonds is 8. The van der Waals surface area contributed by atoms with Gasteiger partial charge in [-0.15, -0.1) is 0 Å². The number of ether oxygens (including phenoxy) is 2. The maximum atomic E-state index is 12.1. The van der Waals surface area contributed by atoms with E-state index < -0.39 is 5.97 Å². The molecule has 0 spiro atoms.